The van der Waals surface area contributed by atoms with Gasteiger partial charge in [-0.2, -0.15) is 0 Å². The number of nitrogens with one attached hydrogen (secondary N) is 1. The third kappa shape index (κ3) is 69.8. The molecule has 0 spiro atoms. The van der Waals surface area contributed by atoms with Gasteiger partial charge in [0.05, 0.1) is 33.8 Å². The minimum Gasteiger partial charge on any atom is -0.456 e. The molecule has 1 amide bonds. The van der Waals surface area contributed by atoms with Crippen LogP contribution in [-0.2, 0) is 27.9 Å². The van der Waals surface area contributed by atoms with Crippen LogP contribution in [0.4, 0.5) is 0 Å². The molecule has 0 saturated heterocycles. The Labute approximate surface area is 559 Å². The fourth-order valence-electron chi connectivity index (χ4n) is 11.5. The molecule has 0 rings (SSSR count). The summed E-state index contributed by atoms with van der Waals surface area (Å²) in [5, 5.41) is 3.08. The maximum atomic E-state index is 13.6. The molecule has 10 heteroatoms. The molecule has 0 radical (unpaired) electrons. The lowest BCUT2D eigenvalue weighted by atomic mass is 10.0. The van der Waals surface area contributed by atoms with Crippen LogP contribution in [-0.4, -0.2) is 74.3 Å². The van der Waals surface area contributed by atoms with Gasteiger partial charge in [0.25, 0.3) is 0 Å². The molecule has 9 nitrogen and oxygen atoms in total. The fourth-order valence-corrected chi connectivity index (χ4v) is 12.2. The molecule has 0 saturated carbocycles. The summed E-state index contributed by atoms with van der Waals surface area (Å²) in [5.41, 5.74) is 0. The highest BCUT2D eigenvalue weighted by Gasteiger charge is 2.30. The number of hydrogen-bond donors (Lipinski definition) is 2. The lowest BCUT2D eigenvalue weighted by Crippen LogP contribution is -2.47. The van der Waals surface area contributed by atoms with Gasteiger partial charge in [0.1, 0.15) is 19.3 Å². The summed E-state index contributed by atoms with van der Waals surface area (Å²) < 4.78 is 30.9. The number of amides is 1. The van der Waals surface area contributed by atoms with Crippen molar-refractivity contribution in [3.05, 3.63) is 72.9 Å². The number of allylic oxidation sites excluding steroid dienone is 11. The summed E-state index contributed by atoms with van der Waals surface area (Å²) in [6.45, 7) is 6.95. The number of quaternary nitrogens is 1. The molecular formula is C80H150N2O7P+. The van der Waals surface area contributed by atoms with E-state index < -0.39 is 20.0 Å². The number of unbranched alkanes of at least 4 members (excludes halogenated alkanes) is 45. The summed E-state index contributed by atoms with van der Waals surface area (Å²) in [6, 6.07) is -0.854. The van der Waals surface area contributed by atoms with Crippen molar-refractivity contribution in [3.8, 4) is 0 Å². The molecule has 0 aliphatic carbocycles. The number of esters is 1. The average Bonchev–Trinajstić information content (AvgIpc) is 3.11. The Morgan fingerprint density at radius 3 is 1.07 bits per heavy atom. The van der Waals surface area contributed by atoms with Crippen LogP contribution in [0.25, 0.3) is 0 Å². The van der Waals surface area contributed by atoms with E-state index in [0.29, 0.717) is 23.9 Å². The van der Waals surface area contributed by atoms with Crippen LogP contribution in [0.3, 0.4) is 0 Å². The van der Waals surface area contributed by atoms with Gasteiger partial charge < -0.3 is 19.4 Å². The van der Waals surface area contributed by atoms with Crippen LogP contribution in [0.5, 0.6) is 0 Å². The van der Waals surface area contributed by atoms with Crippen molar-refractivity contribution in [1.82, 2.24) is 5.32 Å². The Hall–Kier alpha value is -2.55. The van der Waals surface area contributed by atoms with Crippen molar-refractivity contribution >= 4 is 19.7 Å². The largest absolute Gasteiger partial charge is 0.472 e. The molecule has 0 aromatic carbocycles. The number of carbonyl (C=O) groups is 2. The van der Waals surface area contributed by atoms with E-state index in [-0.39, 0.29) is 25.1 Å². The lowest BCUT2D eigenvalue weighted by Gasteiger charge is -2.27. The van der Waals surface area contributed by atoms with E-state index in [0.717, 1.165) is 103 Å². The van der Waals surface area contributed by atoms with E-state index in [1.54, 1.807) is 0 Å². The summed E-state index contributed by atoms with van der Waals surface area (Å²) >= 11 is 0. The SMILES string of the molecule is CC/C=C\C/C=C\C/C=C\C/C=C\C/C=C\CCCCCCCCCCCC(=O)NC(COP(=O)(O)OCC[N+](C)(C)C)C(/C=C/CCCCCCCCCCCC)OC(=O)CCCCCCCCCCCCCCCCCCCCCCCCCCCCC. The third-order valence-corrected chi connectivity index (χ3v) is 18.4. The van der Waals surface area contributed by atoms with Gasteiger partial charge in [0, 0.05) is 12.8 Å². The van der Waals surface area contributed by atoms with Crippen molar-refractivity contribution < 1.29 is 37.3 Å². The van der Waals surface area contributed by atoms with Crippen molar-refractivity contribution in [2.24, 2.45) is 0 Å². The first-order valence-corrected chi connectivity index (χ1v) is 40.3. The van der Waals surface area contributed by atoms with E-state index in [1.807, 2.05) is 33.3 Å². The minimum absolute atomic E-state index is 0.0386. The lowest BCUT2D eigenvalue weighted by molar-refractivity contribution is -0.870. The van der Waals surface area contributed by atoms with Crippen molar-refractivity contribution in [2.75, 3.05) is 40.9 Å². The third-order valence-electron chi connectivity index (χ3n) is 17.4. The molecule has 0 aliphatic rings. The maximum absolute atomic E-state index is 13.6. The van der Waals surface area contributed by atoms with Gasteiger partial charge >= 0.3 is 13.8 Å². The quantitative estimate of drug-likeness (QED) is 0.0205. The molecule has 90 heavy (non-hydrogen) atoms. The van der Waals surface area contributed by atoms with Gasteiger partial charge in [-0.15, -0.1) is 0 Å². The molecule has 0 heterocycles. The van der Waals surface area contributed by atoms with Gasteiger partial charge in [-0.25, -0.2) is 4.57 Å². The van der Waals surface area contributed by atoms with Crippen LogP contribution < -0.4 is 5.32 Å². The zero-order valence-electron chi connectivity index (χ0n) is 60.4. The predicted octanol–water partition coefficient (Wildman–Crippen LogP) is 25.1. The summed E-state index contributed by atoms with van der Waals surface area (Å²) in [7, 11) is 1.50. The van der Waals surface area contributed by atoms with Gasteiger partial charge in [-0.3, -0.25) is 18.6 Å². The monoisotopic (exact) mass is 1280 g/mol. The number of hydrogen-bond acceptors (Lipinski definition) is 6. The Balaban J connectivity index is 4.95. The first kappa shape index (κ1) is 87.5. The average molecular weight is 1280 g/mol. The summed E-state index contributed by atoms with van der Waals surface area (Å²) in [4.78, 5) is 38.0. The smallest absolute Gasteiger partial charge is 0.456 e. The first-order valence-electron chi connectivity index (χ1n) is 38.8. The predicted molar refractivity (Wildman–Crippen MR) is 392 cm³/mol. The van der Waals surface area contributed by atoms with E-state index in [4.69, 9.17) is 13.8 Å². The molecule has 0 bridgehead atoms. The summed E-state index contributed by atoms with van der Waals surface area (Å²) in [5.74, 6) is -0.497. The van der Waals surface area contributed by atoms with E-state index in [1.165, 1.54) is 238 Å². The normalized spacial score (nSPS) is 13.8. The van der Waals surface area contributed by atoms with Crippen molar-refractivity contribution in [1.29, 1.82) is 0 Å². The van der Waals surface area contributed by atoms with Crippen LogP contribution >= 0.6 is 7.82 Å². The summed E-state index contributed by atoms with van der Waals surface area (Å²) in [6.07, 6.45) is 92.2. The van der Waals surface area contributed by atoms with Crippen molar-refractivity contribution in [2.45, 2.75) is 386 Å². The number of likely N-dealkylation sites (N-methyl/N-ethyl adjacent to an activating group) is 1. The standard InChI is InChI=1S/C80H149N2O7P/c1-7-10-13-16-19-22-25-28-30-32-34-36-38-40-41-43-45-47-49-51-53-55-58-61-64-67-70-73-80(84)89-78(71-68-65-62-59-56-27-24-21-18-15-12-9-3)77(76-88-90(85,86)87-75-74-82(4,5)6)81-79(83)72-69-66-63-60-57-54-52-50-48-46-44-42-39-37-35-33-31-29-26-23-20-17-14-11-8-2/h11,14,20,23,29,31,35,37,42,44,68,71,77-78H,7-10,12-13,15-19,21-22,24-28,30,32-34,36,38-41,43,45-67,69-70,72-76H2,1-6H3,(H-,81,83,85,86)/p+1/b14-11-,23-20-,31-29-,37-35-,44-42-,71-68+. The number of ether oxygens (including phenoxy) is 1. The molecule has 0 fully saturated rings. The van der Waals surface area contributed by atoms with Crippen LogP contribution in [0.1, 0.15) is 374 Å². The van der Waals surface area contributed by atoms with Gasteiger partial charge in [-0.1, -0.05) is 357 Å². The Bertz CT molecular complexity index is 1770. The van der Waals surface area contributed by atoms with Crippen molar-refractivity contribution in [3.63, 3.8) is 0 Å². The minimum atomic E-state index is -4.46. The second kappa shape index (κ2) is 69.3. The number of phosphoric acid groups is 1. The zero-order chi connectivity index (χ0) is 65.6. The van der Waals surface area contributed by atoms with Crippen LogP contribution in [0.15, 0.2) is 72.9 Å². The fraction of sp³-hybridized carbons (Fsp3) is 0.825. The zero-order valence-corrected chi connectivity index (χ0v) is 61.3. The van der Waals surface area contributed by atoms with E-state index in [9.17, 15) is 19.0 Å². The van der Waals surface area contributed by atoms with Crippen LogP contribution in [0, 0.1) is 0 Å². The second-order valence-electron chi connectivity index (χ2n) is 27.5. The van der Waals surface area contributed by atoms with E-state index in [2.05, 4.69) is 86.8 Å². The van der Waals surface area contributed by atoms with Gasteiger partial charge in [0.2, 0.25) is 5.91 Å². The molecule has 0 aliphatic heterocycles. The molecule has 0 aromatic rings. The molecule has 3 atom stereocenters. The number of rotatable bonds is 71. The Morgan fingerprint density at radius 1 is 0.400 bits per heavy atom. The van der Waals surface area contributed by atoms with E-state index >= 15 is 0 Å². The van der Waals surface area contributed by atoms with Crippen LogP contribution in [0.2, 0.25) is 0 Å². The highest BCUT2D eigenvalue weighted by atomic mass is 31.2. The molecule has 2 N–H and O–H groups in total. The molecule has 0 aromatic heterocycles. The number of phosphoric ester groups is 1. The number of carbonyl (C=O) groups excluding carboxylic acids is 2. The number of nitrogens with zero attached hydrogens (tertiary/aromatic N) is 1. The maximum Gasteiger partial charge on any atom is 0.472 e. The highest BCUT2D eigenvalue weighted by molar-refractivity contribution is 7.47. The molecule has 526 valence electrons. The highest BCUT2D eigenvalue weighted by Crippen LogP contribution is 2.43. The molecular weight excluding hydrogens is 1130 g/mol. The molecule has 3 unspecified atom stereocenters. The topological polar surface area (TPSA) is 111 Å². The second-order valence-corrected chi connectivity index (χ2v) is 29.0. The van der Waals surface area contributed by atoms with Gasteiger partial charge in [0.15, 0.2) is 0 Å². The Kier molecular flexibility index (Phi) is 67.3. The van der Waals surface area contributed by atoms with Gasteiger partial charge in [-0.05, 0) is 76.7 Å². The first-order chi connectivity index (χ1) is 43.9. The Morgan fingerprint density at radius 2 is 0.711 bits per heavy atom.